The van der Waals surface area contributed by atoms with Crippen LogP contribution in [0, 0.1) is 0 Å². The summed E-state index contributed by atoms with van der Waals surface area (Å²) in [6.07, 6.45) is 4.31. The predicted octanol–water partition coefficient (Wildman–Crippen LogP) is 4.12. The zero-order valence-electron chi connectivity index (χ0n) is 9.89. The lowest BCUT2D eigenvalue weighted by atomic mass is 9.95. The van der Waals surface area contributed by atoms with Crippen LogP contribution in [0.25, 0.3) is 22.8 Å². The Bertz CT molecular complexity index is 692. The summed E-state index contributed by atoms with van der Waals surface area (Å²) in [5.74, 6) is 0.993. The molecule has 0 amide bonds. The van der Waals surface area contributed by atoms with E-state index in [0.29, 0.717) is 6.61 Å². The molecule has 0 saturated heterocycles. The smallest absolute Gasteiger partial charge is 0.128 e. The molecular formula is C17H12O. The van der Waals surface area contributed by atoms with E-state index in [-0.39, 0.29) is 0 Å². The van der Waals surface area contributed by atoms with Crippen molar-refractivity contribution in [3.8, 4) is 11.1 Å². The number of fused-ring (bicyclic) bond motifs is 5. The number of ether oxygens (including phenoxy) is 1. The first-order valence-electron chi connectivity index (χ1n) is 6.17. The van der Waals surface area contributed by atoms with Crippen molar-refractivity contribution < 1.29 is 4.74 Å². The van der Waals surface area contributed by atoms with Crippen LogP contribution in [0.2, 0.25) is 0 Å². The molecule has 1 aliphatic heterocycles. The van der Waals surface area contributed by atoms with E-state index in [0.717, 1.165) is 5.76 Å². The fourth-order valence-electron chi connectivity index (χ4n) is 2.72. The van der Waals surface area contributed by atoms with Gasteiger partial charge in [0, 0.05) is 5.57 Å². The van der Waals surface area contributed by atoms with Gasteiger partial charge in [0.25, 0.3) is 0 Å². The Morgan fingerprint density at radius 1 is 0.778 bits per heavy atom. The van der Waals surface area contributed by atoms with Crippen molar-refractivity contribution in [2.75, 3.05) is 6.61 Å². The molecule has 1 nitrogen and oxygen atoms in total. The molecule has 1 heteroatoms. The number of benzene rings is 2. The predicted molar refractivity (Wildman–Crippen MR) is 73.8 cm³/mol. The zero-order valence-corrected chi connectivity index (χ0v) is 9.89. The molecule has 2 aliphatic rings. The third-order valence-corrected chi connectivity index (χ3v) is 3.55. The maximum absolute atomic E-state index is 5.72. The van der Waals surface area contributed by atoms with E-state index in [1.165, 1.54) is 27.8 Å². The van der Waals surface area contributed by atoms with E-state index < -0.39 is 0 Å². The first kappa shape index (κ1) is 9.72. The number of rotatable bonds is 0. The van der Waals surface area contributed by atoms with Gasteiger partial charge >= 0.3 is 0 Å². The van der Waals surface area contributed by atoms with Crippen LogP contribution in [0.15, 0.2) is 60.4 Å². The second kappa shape index (κ2) is 3.61. The molecule has 0 atom stereocenters. The lowest BCUT2D eigenvalue weighted by Gasteiger charge is -2.09. The Balaban J connectivity index is 2.12. The van der Waals surface area contributed by atoms with Crippen molar-refractivity contribution in [2.24, 2.45) is 0 Å². The van der Waals surface area contributed by atoms with E-state index in [1.807, 2.05) is 0 Å². The summed E-state index contributed by atoms with van der Waals surface area (Å²) in [6.45, 7) is 0.678. The average Bonchev–Trinajstić information content (AvgIpc) is 2.83. The van der Waals surface area contributed by atoms with Crippen molar-refractivity contribution in [3.63, 3.8) is 0 Å². The van der Waals surface area contributed by atoms with Crippen LogP contribution in [0.1, 0.15) is 11.1 Å². The van der Waals surface area contributed by atoms with Crippen LogP contribution in [0.4, 0.5) is 0 Å². The second-order valence-corrected chi connectivity index (χ2v) is 4.57. The quantitative estimate of drug-likeness (QED) is 0.663. The highest BCUT2D eigenvalue weighted by molar-refractivity contribution is 5.96. The van der Waals surface area contributed by atoms with Gasteiger partial charge in [0.1, 0.15) is 12.4 Å². The highest BCUT2D eigenvalue weighted by Crippen LogP contribution is 2.41. The van der Waals surface area contributed by atoms with E-state index in [2.05, 4.69) is 60.7 Å². The summed E-state index contributed by atoms with van der Waals surface area (Å²) in [5.41, 5.74) is 6.29. The lowest BCUT2D eigenvalue weighted by Crippen LogP contribution is -1.87. The third kappa shape index (κ3) is 1.28. The van der Waals surface area contributed by atoms with Crippen LogP contribution in [0.5, 0.6) is 0 Å². The summed E-state index contributed by atoms with van der Waals surface area (Å²) in [6, 6.07) is 17.0. The molecule has 1 heterocycles. The van der Waals surface area contributed by atoms with Gasteiger partial charge in [-0.2, -0.15) is 0 Å². The second-order valence-electron chi connectivity index (χ2n) is 4.57. The molecule has 86 valence electrons. The molecule has 0 aromatic heterocycles. The van der Waals surface area contributed by atoms with E-state index >= 15 is 0 Å². The Morgan fingerprint density at radius 2 is 1.50 bits per heavy atom. The minimum atomic E-state index is 0.678. The zero-order chi connectivity index (χ0) is 11.9. The van der Waals surface area contributed by atoms with Gasteiger partial charge in [-0.05, 0) is 34.4 Å². The third-order valence-electron chi connectivity index (χ3n) is 3.55. The van der Waals surface area contributed by atoms with Gasteiger partial charge < -0.3 is 4.74 Å². The Hall–Kier alpha value is -2.28. The van der Waals surface area contributed by atoms with E-state index in [1.54, 1.807) is 0 Å². The minimum Gasteiger partial charge on any atom is -0.489 e. The van der Waals surface area contributed by atoms with Crippen LogP contribution >= 0.6 is 0 Å². The molecule has 0 unspecified atom stereocenters. The average molecular weight is 232 g/mol. The maximum Gasteiger partial charge on any atom is 0.128 e. The molecule has 0 radical (unpaired) electrons. The SMILES string of the molecule is C1=C2OCC=C2c2ccccc2-c2ccccc21. The highest BCUT2D eigenvalue weighted by Gasteiger charge is 2.22. The largest absolute Gasteiger partial charge is 0.489 e. The first-order valence-corrected chi connectivity index (χ1v) is 6.17. The molecule has 0 N–H and O–H groups in total. The number of allylic oxidation sites excluding steroid dienone is 1. The normalized spacial score (nSPS) is 15.6. The van der Waals surface area contributed by atoms with Crippen LogP contribution < -0.4 is 0 Å². The first-order chi connectivity index (χ1) is 8.93. The molecule has 1 aliphatic carbocycles. The molecule has 0 bridgehead atoms. The molecular weight excluding hydrogens is 220 g/mol. The van der Waals surface area contributed by atoms with Crippen molar-refractivity contribution in [1.82, 2.24) is 0 Å². The topological polar surface area (TPSA) is 9.23 Å². The lowest BCUT2D eigenvalue weighted by molar-refractivity contribution is 0.284. The van der Waals surface area contributed by atoms with Gasteiger partial charge in [-0.1, -0.05) is 48.5 Å². The number of hydrogen-bond donors (Lipinski definition) is 0. The van der Waals surface area contributed by atoms with Gasteiger partial charge in [-0.25, -0.2) is 0 Å². The van der Waals surface area contributed by atoms with Gasteiger partial charge in [-0.15, -0.1) is 0 Å². The molecule has 18 heavy (non-hydrogen) atoms. The molecule has 0 saturated carbocycles. The van der Waals surface area contributed by atoms with Crippen molar-refractivity contribution >= 4 is 11.6 Å². The highest BCUT2D eigenvalue weighted by atomic mass is 16.5. The molecule has 0 spiro atoms. The molecule has 2 aromatic rings. The summed E-state index contributed by atoms with van der Waals surface area (Å²) in [4.78, 5) is 0. The van der Waals surface area contributed by atoms with Gasteiger partial charge in [0.05, 0.1) is 0 Å². The Labute approximate surface area is 106 Å². The van der Waals surface area contributed by atoms with Gasteiger partial charge in [0.15, 0.2) is 0 Å². The molecule has 2 aromatic carbocycles. The summed E-state index contributed by atoms with van der Waals surface area (Å²) in [7, 11) is 0. The number of hydrogen-bond acceptors (Lipinski definition) is 1. The molecule has 0 fully saturated rings. The van der Waals surface area contributed by atoms with Crippen molar-refractivity contribution in [2.45, 2.75) is 0 Å². The fraction of sp³-hybridized carbons (Fsp3) is 0.0588. The fourth-order valence-corrected chi connectivity index (χ4v) is 2.72. The van der Waals surface area contributed by atoms with Crippen molar-refractivity contribution in [3.05, 3.63) is 71.5 Å². The summed E-state index contributed by atoms with van der Waals surface area (Å²) < 4.78 is 5.72. The minimum absolute atomic E-state index is 0.678. The Morgan fingerprint density at radius 3 is 2.39 bits per heavy atom. The van der Waals surface area contributed by atoms with Crippen LogP contribution in [0.3, 0.4) is 0 Å². The molecule has 4 rings (SSSR count). The Kier molecular flexibility index (Phi) is 1.95. The van der Waals surface area contributed by atoms with E-state index in [9.17, 15) is 0 Å². The standard InChI is InChI=1S/C17H12O/c1-2-6-13-12(5-1)11-17-16(9-10-18-17)15-8-4-3-7-14(13)15/h1-9,11H,10H2. The monoisotopic (exact) mass is 232 g/mol. The van der Waals surface area contributed by atoms with Gasteiger partial charge in [0.2, 0.25) is 0 Å². The van der Waals surface area contributed by atoms with Crippen LogP contribution in [-0.4, -0.2) is 6.61 Å². The van der Waals surface area contributed by atoms with Gasteiger partial charge in [-0.3, -0.25) is 0 Å². The summed E-state index contributed by atoms with van der Waals surface area (Å²) in [5, 5.41) is 0. The van der Waals surface area contributed by atoms with Crippen LogP contribution in [-0.2, 0) is 4.74 Å². The maximum atomic E-state index is 5.72. The summed E-state index contributed by atoms with van der Waals surface area (Å²) >= 11 is 0. The van der Waals surface area contributed by atoms with E-state index in [4.69, 9.17) is 4.74 Å². The van der Waals surface area contributed by atoms with Crippen molar-refractivity contribution in [1.29, 1.82) is 0 Å².